The topological polar surface area (TPSA) is 94.5 Å². The summed E-state index contributed by atoms with van der Waals surface area (Å²) in [5.41, 5.74) is 1.53. The monoisotopic (exact) mass is 344 g/mol. The summed E-state index contributed by atoms with van der Waals surface area (Å²) in [4.78, 5) is 25.5. The van der Waals surface area contributed by atoms with Crippen molar-refractivity contribution in [1.29, 1.82) is 5.26 Å². The highest BCUT2D eigenvalue weighted by atomic mass is 16.6. The molecule has 1 saturated heterocycles. The molecule has 7 nitrogen and oxygen atoms in total. The van der Waals surface area contributed by atoms with Crippen LogP contribution in [0.4, 0.5) is 16.2 Å². The molecule has 0 bridgehead atoms. The Balaban J connectivity index is 2.03. The fourth-order valence-corrected chi connectivity index (χ4v) is 2.44. The average molecular weight is 344 g/mol. The van der Waals surface area contributed by atoms with Crippen molar-refractivity contribution in [2.24, 2.45) is 5.92 Å². The number of nitriles is 1. The lowest BCUT2D eigenvalue weighted by atomic mass is 9.90. The van der Waals surface area contributed by atoms with E-state index in [9.17, 15) is 14.9 Å². The van der Waals surface area contributed by atoms with E-state index < -0.39 is 5.54 Å². The Morgan fingerprint density at radius 1 is 1.48 bits per heavy atom. The molecule has 7 heteroatoms. The molecule has 1 heterocycles. The number of cyclic esters (lactones) is 1. The van der Waals surface area contributed by atoms with Crippen LogP contribution in [-0.2, 0) is 9.53 Å². The Morgan fingerprint density at radius 2 is 2.20 bits per heavy atom. The molecule has 1 aromatic carbocycles. The van der Waals surface area contributed by atoms with E-state index in [-0.39, 0.29) is 24.5 Å². The van der Waals surface area contributed by atoms with Gasteiger partial charge in [-0.3, -0.25) is 9.69 Å². The molecular weight excluding hydrogens is 320 g/mol. The van der Waals surface area contributed by atoms with Gasteiger partial charge < -0.3 is 15.4 Å². The van der Waals surface area contributed by atoms with Gasteiger partial charge in [0.15, 0.2) is 0 Å². The van der Waals surface area contributed by atoms with Crippen LogP contribution in [0.1, 0.15) is 26.3 Å². The molecular formula is C18H24N4O3. The summed E-state index contributed by atoms with van der Waals surface area (Å²) in [6.07, 6.45) is -0.361. The van der Waals surface area contributed by atoms with Crippen molar-refractivity contribution in [1.82, 2.24) is 5.32 Å². The second-order valence-corrected chi connectivity index (χ2v) is 6.64. The van der Waals surface area contributed by atoms with Crippen LogP contribution < -0.4 is 15.5 Å². The molecule has 1 fully saturated rings. The molecule has 0 spiro atoms. The Hall–Kier alpha value is -2.75. The van der Waals surface area contributed by atoms with Gasteiger partial charge in [0.05, 0.1) is 24.8 Å². The largest absolute Gasteiger partial charge is 0.447 e. The van der Waals surface area contributed by atoms with Gasteiger partial charge in [-0.2, -0.15) is 5.26 Å². The lowest BCUT2D eigenvalue weighted by molar-refractivity contribution is -0.121. The maximum absolute atomic E-state index is 12.1. The first kappa shape index (κ1) is 18.6. The zero-order chi connectivity index (χ0) is 18.6. The van der Waals surface area contributed by atoms with Crippen LogP contribution in [0.5, 0.6) is 0 Å². The number of nitrogens with one attached hydrogen (secondary N) is 2. The number of aryl methyl sites for hydroxylation is 1. The number of amides is 2. The number of benzene rings is 1. The molecule has 0 saturated carbocycles. The molecule has 0 aliphatic carbocycles. The third-order valence-corrected chi connectivity index (χ3v) is 4.50. The van der Waals surface area contributed by atoms with E-state index >= 15 is 0 Å². The predicted molar refractivity (Wildman–Crippen MR) is 95.4 cm³/mol. The smallest absolute Gasteiger partial charge is 0.414 e. The quantitative estimate of drug-likeness (QED) is 0.826. The van der Waals surface area contributed by atoms with Crippen LogP contribution in [-0.4, -0.2) is 37.2 Å². The normalized spacial score (nSPS) is 16.2. The van der Waals surface area contributed by atoms with Crippen molar-refractivity contribution in [3.8, 4) is 6.07 Å². The van der Waals surface area contributed by atoms with Gasteiger partial charge in [0.25, 0.3) is 0 Å². The number of carbonyl (C=O) groups is 2. The van der Waals surface area contributed by atoms with Crippen molar-refractivity contribution >= 4 is 23.4 Å². The van der Waals surface area contributed by atoms with E-state index in [4.69, 9.17) is 4.74 Å². The number of ether oxygens (including phenoxy) is 1. The molecule has 0 aromatic heterocycles. The number of hydrogen-bond acceptors (Lipinski definition) is 5. The first-order valence-electron chi connectivity index (χ1n) is 8.28. The van der Waals surface area contributed by atoms with Crippen molar-refractivity contribution in [2.75, 3.05) is 29.9 Å². The lowest BCUT2D eigenvalue weighted by Gasteiger charge is -2.27. The zero-order valence-electron chi connectivity index (χ0n) is 15.0. The Bertz CT molecular complexity index is 711. The van der Waals surface area contributed by atoms with E-state index in [2.05, 4.69) is 16.7 Å². The summed E-state index contributed by atoms with van der Waals surface area (Å²) in [5, 5.41) is 15.1. The van der Waals surface area contributed by atoms with Gasteiger partial charge in [-0.05, 0) is 37.5 Å². The first-order valence-corrected chi connectivity index (χ1v) is 8.28. The molecule has 2 N–H and O–H groups in total. The molecule has 2 rings (SSSR count). The third kappa shape index (κ3) is 4.21. The van der Waals surface area contributed by atoms with Crippen molar-refractivity contribution in [2.45, 2.75) is 33.2 Å². The van der Waals surface area contributed by atoms with Gasteiger partial charge in [-0.15, -0.1) is 0 Å². The number of anilines is 2. The fourth-order valence-electron chi connectivity index (χ4n) is 2.44. The molecule has 1 aromatic rings. The molecule has 1 aliphatic rings. The van der Waals surface area contributed by atoms with E-state index in [0.717, 1.165) is 16.9 Å². The Morgan fingerprint density at radius 3 is 2.76 bits per heavy atom. The van der Waals surface area contributed by atoms with Crippen molar-refractivity contribution in [3.05, 3.63) is 23.8 Å². The van der Waals surface area contributed by atoms with Crippen molar-refractivity contribution in [3.63, 3.8) is 0 Å². The maximum Gasteiger partial charge on any atom is 0.414 e. The highest BCUT2D eigenvalue weighted by molar-refractivity contribution is 5.91. The van der Waals surface area contributed by atoms with Crippen LogP contribution in [0, 0.1) is 24.2 Å². The van der Waals surface area contributed by atoms with Crippen LogP contribution in [0.25, 0.3) is 0 Å². The van der Waals surface area contributed by atoms with E-state index in [1.54, 1.807) is 11.8 Å². The molecule has 2 amide bonds. The highest BCUT2D eigenvalue weighted by Gasteiger charge is 2.30. The van der Waals surface area contributed by atoms with Crippen molar-refractivity contribution < 1.29 is 14.3 Å². The lowest BCUT2D eigenvalue weighted by Crippen LogP contribution is -2.50. The molecule has 134 valence electrons. The Kier molecular flexibility index (Phi) is 5.52. The van der Waals surface area contributed by atoms with Gasteiger partial charge in [0.1, 0.15) is 12.1 Å². The second-order valence-electron chi connectivity index (χ2n) is 6.64. The SMILES string of the molecule is Cc1ccc(NCC(=O)N[C@@](C)(C#N)C(C)C)cc1N1CCOC1=O. The summed E-state index contributed by atoms with van der Waals surface area (Å²) in [6.45, 7) is 8.32. The van der Waals surface area contributed by atoms with Crippen LogP contribution in [0.15, 0.2) is 18.2 Å². The van der Waals surface area contributed by atoms with E-state index in [1.165, 1.54) is 0 Å². The minimum Gasteiger partial charge on any atom is -0.447 e. The summed E-state index contributed by atoms with van der Waals surface area (Å²) in [5.74, 6) is -0.269. The highest BCUT2D eigenvalue weighted by Crippen LogP contribution is 2.26. The van der Waals surface area contributed by atoms with E-state index in [0.29, 0.717) is 13.2 Å². The summed E-state index contributed by atoms with van der Waals surface area (Å²) >= 11 is 0. The zero-order valence-corrected chi connectivity index (χ0v) is 15.0. The molecule has 25 heavy (non-hydrogen) atoms. The molecule has 0 radical (unpaired) electrons. The number of nitrogens with zero attached hydrogens (tertiary/aromatic N) is 2. The van der Waals surface area contributed by atoms with Gasteiger partial charge in [0.2, 0.25) is 5.91 Å². The standard InChI is InChI=1S/C18H24N4O3/c1-12(2)18(4,11-19)21-16(23)10-20-14-6-5-13(3)15(9-14)22-7-8-25-17(22)24/h5-6,9,12,20H,7-8,10H2,1-4H3,(H,21,23)/t18-/m0/s1. The van der Waals surface area contributed by atoms with Gasteiger partial charge in [-0.25, -0.2) is 4.79 Å². The molecule has 1 atom stereocenters. The summed E-state index contributed by atoms with van der Waals surface area (Å²) in [6, 6.07) is 7.70. The van der Waals surface area contributed by atoms with E-state index in [1.807, 2.05) is 39.0 Å². The Labute approximate surface area is 147 Å². The van der Waals surface area contributed by atoms with Crippen LogP contribution >= 0.6 is 0 Å². The maximum atomic E-state index is 12.1. The fraction of sp³-hybridized carbons (Fsp3) is 0.500. The van der Waals surface area contributed by atoms with Gasteiger partial charge in [-0.1, -0.05) is 19.9 Å². The van der Waals surface area contributed by atoms with Gasteiger partial charge >= 0.3 is 6.09 Å². The number of hydrogen-bond donors (Lipinski definition) is 2. The second kappa shape index (κ2) is 7.43. The third-order valence-electron chi connectivity index (χ3n) is 4.50. The minimum atomic E-state index is -0.906. The summed E-state index contributed by atoms with van der Waals surface area (Å²) in [7, 11) is 0. The van der Waals surface area contributed by atoms with Crippen LogP contribution in [0.3, 0.4) is 0 Å². The summed E-state index contributed by atoms with van der Waals surface area (Å²) < 4.78 is 4.97. The minimum absolute atomic E-state index is 0.00592. The number of rotatable bonds is 6. The average Bonchev–Trinajstić information content (AvgIpc) is 2.99. The first-order chi connectivity index (χ1) is 11.8. The molecule has 1 aliphatic heterocycles. The van der Waals surface area contributed by atoms with Gasteiger partial charge in [0, 0.05) is 5.69 Å². The predicted octanol–water partition coefficient (Wildman–Crippen LogP) is 2.42. The molecule has 0 unspecified atom stereocenters. The number of carbonyl (C=O) groups excluding carboxylic acids is 2. The van der Waals surface area contributed by atoms with Crippen LogP contribution in [0.2, 0.25) is 0 Å².